The summed E-state index contributed by atoms with van der Waals surface area (Å²) in [5.74, 6) is -1.09. The van der Waals surface area contributed by atoms with Gasteiger partial charge in [0.15, 0.2) is 0 Å². The topological polar surface area (TPSA) is 75.7 Å². The molecule has 132 valence electrons. The zero-order valence-corrected chi connectivity index (χ0v) is 14.9. The molecule has 1 aromatic heterocycles. The van der Waals surface area contributed by atoms with Crippen molar-refractivity contribution in [3.8, 4) is 0 Å². The molecule has 0 saturated carbocycles. The lowest BCUT2D eigenvalue weighted by molar-refractivity contribution is -0.159. The number of carbonyl (C=O) groups is 3. The molecule has 0 aliphatic carbocycles. The number of nitrogens with one attached hydrogen (secondary N) is 1. The first-order valence-electron chi connectivity index (χ1n) is 7.76. The minimum Gasteiger partial charge on any atom is -0.447 e. The predicted molar refractivity (Wildman–Crippen MR) is 95.2 cm³/mol. The Labute approximate surface area is 150 Å². The first-order chi connectivity index (χ1) is 12.0. The van der Waals surface area contributed by atoms with E-state index in [1.54, 1.807) is 55.9 Å². The molecular formula is C18H20N2O4S. The SMILES string of the molecule is CN(C)C(=O)C(OC(=O)CCNC(=O)c1cccs1)c1ccccc1. The highest BCUT2D eigenvalue weighted by atomic mass is 32.1. The summed E-state index contributed by atoms with van der Waals surface area (Å²) in [5, 5.41) is 4.46. The lowest BCUT2D eigenvalue weighted by Crippen LogP contribution is -2.32. The highest BCUT2D eigenvalue weighted by Gasteiger charge is 2.26. The summed E-state index contributed by atoms with van der Waals surface area (Å²) >= 11 is 1.33. The number of amides is 2. The summed E-state index contributed by atoms with van der Waals surface area (Å²) in [4.78, 5) is 38.2. The maximum atomic E-state index is 12.3. The summed E-state index contributed by atoms with van der Waals surface area (Å²) in [5.41, 5.74) is 0.608. The third kappa shape index (κ3) is 5.42. The van der Waals surface area contributed by atoms with Crippen molar-refractivity contribution < 1.29 is 19.1 Å². The van der Waals surface area contributed by atoms with E-state index in [1.165, 1.54) is 16.2 Å². The monoisotopic (exact) mass is 360 g/mol. The van der Waals surface area contributed by atoms with Gasteiger partial charge in [0.05, 0.1) is 11.3 Å². The molecule has 1 aromatic carbocycles. The Bertz CT molecular complexity index is 714. The molecule has 25 heavy (non-hydrogen) atoms. The van der Waals surface area contributed by atoms with Gasteiger partial charge in [-0.15, -0.1) is 11.3 Å². The summed E-state index contributed by atoms with van der Waals surface area (Å²) < 4.78 is 5.35. The Hall–Kier alpha value is -2.67. The molecule has 1 heterocycles. The van der Waals surface area contributed by atoms with Crippen LogP contribution in [0.1, 0.15) is 27.8 Å². The van der Waals surface area contributed by atoms with Crippen LogP contribution in [0.3, 0.4) is 0 Å². The summed E-state index contributed by atoms with van der Waals surface area (Å²) in [6.07, 6.45) is -1.00. The molecule has 2 rings (SSSR count). The third-order valence-corrected chi connectivity index (χ3v) is 4.24. The number of benzene rings is 1. The van der Waals surface area contributed by atoms with Gasteiger partial charge in [0, 0.05) is 26.2 Å². The van der Waals surface area contributed by atoms with Gasteiger partial charge in [0.2, 0.25) is 6.10 Å². The van der Waals surface area contributed by atoms with Crippen LogP contribution in [-0.2, 0) is 14.3 Å². The molecule has 0 spiro atoms. The highest BCUT2D eigenvalue weighted by molar-refractivity contribution is 7.12. The van der Waals surface area contributed by atoms with Gasteiger partial charge in [-0.3, -0.25) is 14.4 Å². The summed E-state index contributed by atoms with van der Waals surface area (Å²) in [6, 6.07) is 12.3. The quantitative estimate of drug-likeness (QED) is 0.769. The average molecular weight is 360 g/mol. The molecule has 0 bridgehead atoms. The Morgan fingerprint density at radius 2 is 1.84 bits per heavy atom. The van der Waals surface area contributed by atoms with Gasteiger partial charge in [-0.2, -0.15) is 0 Å². The van der Waals surface area contributed by atoms with Crippen LogP contribution in [-0.4, -0.2) is 43.3 Å². The second kappa shape index (κ2) is 8.98. The van der Waals surface area contributed by atoms with E-state index in [1.807, 2.05) is 6.07 Å². The average Bonchev–Trinajstić information content (AvgIpc) is 3.14. The summed E-state index contributed by atoms with van der Waals surface area (Å²) in [6.45, 7) is 0.146. The van der Waals surface area contributed by atoms with Crippen LogP contribution < -0.4 is 5.32 Å². The van der Waals surface area contributed by atoms with Gasteiger partial charge in [0.1, 0.15) is 0 Å². The second-order valence-electron chi connectivity index (χ2n) is 5.50. The van der Waals surface area contributed by atoms with Crippen molar-refractivity contribution >= 4 is 29.1 Å². The number of hydrogen-bond acceptors (Lipinski definition) is 5. The first-order valence-corrected chi connectivity index (χ1v) is 8.64. The molecule has 7 heteroatoms. The van der Waals surface area contributed by atoms with Crippen LogP contribution in [0.2, 0.25) is 0 Å². The fourth-order valence-electron chi connectivity index (χ4n) is 2.09. The minimum atomic E-state index is -0.989. The zero-order chi connectivity index (χ0) is 18.2. The van der Waals surface area contributed by atoms with E-state index in [0.717, 1.165) is 0 Å². The van der Waals surface area contributed by atoms with Crippen molar-refractivity contribution in [3.63, 3.8) is 0 Å². The minimum absolute atomic E-state index is 0.0127. The van der Waals surface area contributed by atoms with Crippen molar-refractivity contribution in [3.05, 3.63) is 58.3 Å². The van der Waals surface area contributed by atoms with Gasteiger partial charge < -0.3 is 15.0 Å². The highest BCUT2D eigenvalue weighted by Crippen LogP contribution is 2.20. The molecule has 1 unspecified atom stereocenters. The van der Waals surface area contributed by atoms with E-state index < -0.39 is 12.1 Å². The van der Waals surface area contributed by atoms with Crippen molar-refractivity contribution in [2.75, 3.05) is 20.6 Å². The van der Waals surface area contributed by atoms with Crippen molar-refractivity contribution in [2.24, 2.45) is 0 Å². The normalized spacial score (nSPS) is 11.4. The molecule has 0 radical (unpaired) electrons. The van der Waals surface area contributed by atoms with Gasteiger partial charge in [-0.25, -0.2) is 0 Å². The Balaban J connectivity index is 1.91. The second-order valence-corrected chi connectivity index (χ2v) is 6.44. The van der Waals surface area contributed by atoms with Gasteiger partial charge in [-0.05, 0) is 11.4 Å². The third-order valence-electron chi connectivity index (χ3n) is 3.38. The number of esters is 1. The van der Waals surface area contributed by atoms with Crippen LogP contribution in [0, 0.1) is 0 Å². The van der Waals surface area contributed by atoms with Crippen LogP contribution >= 0.6 is 11.3 Å². The standard InChI is InChI=1S/C18H20N2O4S/c1-20(2)18(23)16(13-7-4-3-5-8-13)24-15(21)10-11-19-17(22)14-9-6-12-25-14/h3-9,12,16H,10-11H2,1-2H3,(H,19,22). The number of nitrogens with zero attached hydrogens (tertiary/aromatic N) is 1. The van der Waals surface area contributed by atoms with Crippen LogP contribution in [0.25, 0.3) is 0 Å². The molecule has 1 atom stereocenters. The molecule has 0 saturated heterocycles. The van der Waals surface area contributed by atoms with Gasteiger partial charge in [0.25, 0.3) is 11.8 Å². The largest absolute Gasteiger partial charge is 0.447 e. The van der Waals surface area contributed by atoms with Crippen LogP contribution in [0.15, 0.2) is 47.8 Å². The van der Waals surface area contributed by atoms with Crippen molar-refractivity contribution in [1.29, 1.82) is 0 Å². The van der Waals surface area contributed by atoms with E-state index in [-0.39, 0.29) is 24.8 Å². The number of likely N-dealkylation sites (N-methyl/N-ethyl adjacent to an activating group) is 1. The fourth-order valence-corrected chi connectivity index (χ4v) is 2.73. The fraction of sp³-hybridized carbons (Fsp3) is 0.278. The maximum absolute atomic E-state index is 12.3. The van der Waals surface area contributed by atoms with Crippen LogP contribution in [0.5, 0.6) is 0 Å². The number of ether oxygens (including phenoxy) is 1. The maximum Gasteiger partial charge on any atom is 0.308 e. The molecule has 0 aliphatic heterocycles. The van der Waals surface area contributed by atoms with Gasteiger partial charge >= 0.3 is 5.97 Å². The van der Waals surface area contributed by atoms with Crippen LogP contribution in [0.4, 0.5) is 0 Å². The van der Waals surface area contributed by atoms with E-state index >= 15 is 0 Å². The van der Waals surface area contributed by atoms with E-state index in [0.29, 0.717) is 10.4 Å². The molecule has 6 nitrogen and oxygen atoms in total. The molecule has 2 aromatic rings. The Morgan fingerprint density at radius 1 is 1.12 bits per heavy atom. The Morgan fingerprint density at radius 3 is 2.44 bits per heavy atom. The lowest BCUT2D eigenvalue weighted by atomic mass is 10.1. The molecule has 1 N–H and O–H groups in total. The van der Waals surface area contributed by atoms with E-state index in [4.69, 9.17) is 4.74 Å². The lowest BCUT2D eigenvalue weighted by Gasteiger charge is -2.21. The Kier molecular flexibility index (Phi) is 6.71. The predicted octanol–water partition coefficient (Wildman–Crippen LogP) is 2.24. The smallest absolute Gasteiger partial charge is 0.308 e. The first kappa shape index (κ1) is 18.7. The van der Waals surface area contributed by atoms with Crippen molar-refractivity contribution in [2.45, 2.75) is 12.5 Å². The molecule has 0 aliphatic rings. The zero-order valence-electron chi connectivity index (χ0n) is 14.1. The molecular weight excluding hydrogens is 340 g/mol. The van der Waals surface area contributed by atoms with Gasteiger partial charge in [-0.1, -0.05) is 36.4 Å². The number of rotatable bonds is 7. The number of carbonyl (C=O) groups excluding carboxylic acids is 3. The van der Waals surface area contributed by atoms with E-state index in [2.05, 4.69) is 5.32 Å². The molecule has 2 amide bonds. The number of thiophene rings is 1. The summed E-state index contributed by atoms with van der Waals surface area (Å²) in [7, 11) is 3.21. The van der Waals surface area contributed by atoms with E-state index in [9.17, 15) is 14.4 Å². The number of hydrogen-bond donors (Lipinski definition) is 1. The molecule has 0 fully saturated rings. The van der Waals surface area contributed by atoms with Crippen molar-refractivity contribution in [1.82, 2.24) is 10.2 Å².